The van der Waals surface area contributed by atoms with E-state index in [9.17, 15) is 8.78 Å². The molecule has 116 valence electrons. The Morgan fingerprint density at radius 1 is 0.727 bits per heavy atom. The van der Waals surface area contributed by atoms with Crippen molar-refractivity contribution < 1.29 is 8.78 Å². The van der Waals surface area contributed by atoms with Crippen LogP contribution in [0.1, 0.15) is 37.7 Å². The van der Waals surface area contributed by atoms with E-state index in [0.29, 0.717) is 6.33 Å². The maximum atomic E-state index is 12.9. The van der Waals surface area contributed by atoms with E-state index >= 15 is 0 Å². The number of hydrogen-bond donors (Lipinski definition) is 0. The molecule has 0 fully saturated rings. The molecule has 2 aromatic rings. The maximum absolute atomic E-state index is 12.9. The number of unbranched alkanes of at least 4 members (excludes halogenated alkanes) is 4. The van der Waals surface area contributed by atoms with Gasteiger partial charge in [-0.15, -0.1) is 0 Å². The molecule has 0 aromatic heterocycles. The van der Waals surface area contributed by atoms with Crippen molar-refractivity contribution in [3.8, 4) is 11.1 Å². The van der Waals surface area contributed by atoms with Crippen LogP contribution in [0.15, 0.2) is 60.9 Å². The van der Waals surface area contributed by atoms with Crippen LogP contribution in [-0.4, -0.2) is 0 Å². The first-order chi connectivity index (χ1) is 10.8. The highest BCUT2D eigenvalue weighted by molar-refractivity contribution is 5.63. The summed E-state index contributed by atoms with van der Waals surface area (Å²) in [7, 11) is 0. The van der Waals surface area contributed by atoms with Crippen LogP contribution < -0.4 is 0 Å². The lowest BCUT2D eigenvalue weighted by Crippen LogP contribution is -1.87. The van der Waals surface area contributed by atoms with Crippen LogP contribution in [0, 0.1) is 5.82 Å². The maximum Gasteiger partial charge on any atom is 0.123 e. The molecular weight excluding hydrogens is 278 g/mol. The predicted molar refractivity (Wildman–Crippen MR) is 88.9 cm³/mol. The van der Waals surface area contributed by atoms with E-state index < -0.39 is 0 Å². The first kappa shape index (κ1) is 16.4. The third-order valence-electron chi connectivity index (χ3n) is 3.81. The Kier molecular flexibility index (Phi) is 6.82. The molecule has 0 amide bonds. The minimum Gasteiger partial charge on any atom is -0.216 e. The van der Waals surface area contributed by atoms with Crippen molar-refractivity contribution in [1.82, 2.24) is 0 Å². The minimum atomic E-state index is -0.206. The van der Waals surface area contributed by atoms with Crippen LogP contribution in [0.25, 0.3) is 11.1 Å². The normalized spacial score (nSPS) is 11.2. The topological polar surface area (TPSA) is 0 Å². The zero-order chi connectivity index (χ0) is 15.6. The number of allylic oxidation sites excluding steroid dienone is 1. The van der Waals surface area contributed by atoms with Crippen LogP contribution >= 0.6 is 0 Å². The van der Waals surface area contributed by atoms with Gasteiger partial charge >= 0.3 is 0 Å². The number of rotatable bonds is 8. The average Bonchev–Trinajstić information content (AvgIpc) is 2.55. The van der Waals surface area contributed by atoms with Gasteiger partial charge in [0.15, 0.2) is 0 Å². The van der Waals surface area contributed by atoms with E-state index in [1.165, 1.54) is 24.1 Å². The molecule has 0 atom stereocenters. The number of hydrogen-bond acceptors (Lipinski definition) is 0. The largest absolute Gasteiger partial charge is 0.216 e. The highest BCUT2D eigenvalue weighted by Crippen LogP contribution is 2.21. The first-order valence-corrected chi connectivity index (χ1v) is 7.90. The molecule has 0 aliphatic carbocycles. The molecule has 0 saturated carbocycles. The molecule has 22 heavy (non-hydrogen) atoms. The highest BCUT2D eigenvalue weighted by atomic mass is 19.1. The van der Waals surface area contributed by atoms with Gasteiger partial charge in [-0.2, -0.15) is 0 Å². The molecule has 0 N–H and O–H groups in total. The van der Waals surface area contributed by atoms with Crippen molar-refractivity contribution >= 4 is 0 Å². The molecule has 2 aromatic carbocycles. The van der Waals surface area contributed by atoms with Gasteiger partial charge in [-0.1, -0.05) is 55.3 Å². The Hall–Kier alpha value is -1.96. The molecule has 0 radical (unpaired) electrons. The van der Waals surface area contributed by atoms with Crippen LogP contribution in [-0.2, 0) is 6.42 Å². The van der Waals surface area contributed by atoms with Crippen molar-refractivity contribution in [1.29, 1.82) is 0 Å². The predicted octanol–water partition coefficient (Wildman–Crippen LogP) is 6.47. The average molecular weight is 300 g/mol. The Morgan fingerprint density at radius 3 is 1.95 bits per heavy atom. The smallest absolute Gasteiger partial charge is 0.123 e. The van der Waals surface area contributed by atoms with Gasteiger partial charge in [-0.05, 0) is 54.5 Å². The Balaban J connectivity index is 1.76. The number of halogens is 2. The SMILES string of the molecule is F/C=C/CCCCCCc1ccc(-c2ccc(F)cc2)cc1. The van der Waals surface area contributed by atoms with Gasteiger partial charge in [-0.25, -0.2) is 8.78 Å². The summed E-state index contributed by atoms with van der Waals surface area (Å²) in [5, 5.41) is 0. The minimum absolute atomic E-state index is 0.206. The lowest BCUT2D eigenvalue weighted by Gasteiger charge is -2.05. The summed E-state index contributed by atoms with van der Waals surface area (Å²) < 4.78 is 24.7. The summed E-state index contributed by atoms with van der Waals surface area (Å²) in [5.74, 6) is -0.206. The molecule has 0 bridgehead atoms. The number of aryl methyl sites for hydroxylation is 1. The van der Waals surface area contributed by atoms with Gasteiger partial charge in [0.2, 0.25) is 0 Å². The lowest BCUT2D eigenvalue weighted by molar-refractivity contribution is 0.628. The van der Waals surface area contributed by atoms with Crippen molar-refractivity contribution in [2.45, 2.75) is 38.5 Å². The zero-order valence-corrected chi connectivity index (χ0v) is 12.8. The Bertz CT molecular complexity index is 568. The fourth-order valence-corrected chi connectivity index (χ4v) is 2.51. The van der Waals surface area contributed by atoms with Crippen LogP contribution in [0.3, 0.4) is 0 Å². The molecule has 0 nitrogen and oxygen atoms in total. The standard InChI is InChI=1S/C20H22F2/c21-16-6-4-2-1-3-5-7-17-8-10-18(11-9-17)19-12-14-20(22)15-13-19/h6,8-16H,1-5,7H2/b16-6+. The molecule has 0 heterocycles. The molecule has 2 heteroatoms. The van der Waals surface area contributed by atoms with E-state index in [0.717, 1.165) is 43.2 Å². The fraction of sp³-hybridized carbons (Fsp3) is 0.300. The van der Waals surface area contributed by atoms with Crippen molar-refractivity contribution in [2.24, 2.45) is 0 Å². The molecule has 2 rings (SSSR count). The van der Waals surface area contributed by atoms with E-state index in [-0.39, 0.29) is 5.82 Å². The summed E-state index contributed by atoms with van der Waals surface area (Å²) in [6, 6.07) is 15.0. The zero-order valence-electron chi connectivity index (χ0n) is 12.8. The third-order valence-corrected chi connectivity index (χ3v) is 3.81. The fourth-order valence-electron chi connectivity index (χ4n) is 2.51. The van der Waals surface area contributed by atoms with Crippen LogP contribution in [0.2, 0.25) is 0 Å². The Morgan fingerprint density at radius 2 is 1.32 bits per heavy atom. The number of benzene rings is 2. The summed E-state index contributed by atoms with van der Waals surface area (Å²) in [4.78, 5) is 0. The third kappa shape index (κ3) is 5.44. The summed E-state index contributed by atoms with van der Waals surface area (Å²) in [5.41, 5.74) is 3.48. The van der Waals surface area contributed by atoms with Crippen LogP contribution in [0.5, 0.6) is 0 Å². The second kappa shape index (κ2) is 9.14. The Labute approximate surface area is 131 Å². The molecule has 0 aliphatic rings. The first-order valence-electron chi connectivity index (χ1n) is 7.90. The molecule has 0 saturated heterocycles. The van der Waals surface area contributed by atoms with Crippen molar-refractivity contribution in [3.05, 3.63) is 72.3 Å². The monoisotopic (exact) mass is 300 g/mol. The van der Waals surface area contributed by atoms with Gasteiger partial charge in [0.05, 0.1) is 6.33 Å². The van der Waals surface area contributed by atoms with E-state index in [4.69, 9.17) is 0 Å². The van der Waals surface area contributed by atoms with Gasteiger partial charge in [0, 0.05) is 0 Å². The molecule has 0 spiro atoms. The molecular formula is C20H22F2. The lowest BCUT2D eigenvalue weighted by atomic mass is 10.0. The second-order valence-corrected chi connectivity index (χ2v) is 5.52. The second-order valence-electron chi connectivity index (χ2n) is 5.52. The van der Waals surface area contributed by atoms with Crippen molar-refractivity contribution in [2.75, 3.05) is 0 Å². The van der Waals surface area contributed by atoms with E-state index in [1.807, 2.05) is 0 Å². The summed E-state index contributed by atoms with van der Waals surface area (Å²) in [6.07, 6.45) is 8.67. The van der Waals surface area contributed by atoms with E-state index in [1.54, 1.807) is 18.2 Å². The summed E-state index contributed by atoms with van der Waals surface area (Å²) in [6.45, 7) is 0. The van der Waals surface area contributed by atoms with Gasteiger partial charge < -0.3 is 0 Å². The molecule has 0 aliphatic heterocycles. The van der Waals surface area contributed by atoms with Gasteiger partial charge in [-0.3, -0.25) is 0 Å². The molecule has 0 unspecified atom stereocenters. The van der Waals surface area contributed by atoms with Gasteiger partial charge in [0.25, 0.3) is 0 Å². The van der Waals surface area contributed by atoms with E-state index in [2.05, 4.69) is 24.3 Å². The highest BCUT2D eigenvalue weighted by Gasteiger charge is 1.99. The quantitative estimate of drug-likeness (QED) is 0.490. The summed E-state index contributed by atoms with van der Waals surface area (Å²) >= 11 is 0. The van der Waals surface area contributed by atoms with Crippen molar-refractivity contribution in [3.63, 3.8) is 0 Å². The van der Waals surface area contributed by atoms with Gasteiger partial charge in [0.1, 0.15) is 5.82 Å². The van der Waals surface area contributed by atoms with Crippen LogP contribution in [0.4, 0.5) is 8.78 Å².